The number of benzene rings is 1. The van der Waals surface area contributed by atoms with Gasteiger partial charge in [0.05, 0.1) is 0 Å². The molecule has 3 heteroatoms. The average Bonchev–Trinajstić information content (AvgIpc) is 2.65. The first-order valence-corrected chi connectivity index (χ1v) is 9.09. The van der Waals surface area contributed by atoms with E-state index >= 15 is 0 Å². The van der Waals surface area contributed by atoms with E-state index in [0.717, 1.165) is 19.0 Å². The van der Waals surface area contributed by atoms with Crippen molar-refractivity contribution in [3.8, 4) is 0 Å². The number of hydrogen-bond donors (Lipinski definition) is 1. The van der Waals surface area contributed by atoms with Crippen molar-refractivity contribution < 1.29 is 0 Å². The van der Waals surface area contributed by atoms with E-state index < -0.39 is 0 Å². The van der Waals surface area contributed by atoms with Crippen LogP contribution in [0.25, 0.3) is 0 Å². The van der Waals surface area contributed by atoms with Crippen molar-refractivity contribution in [2.75, 3.05) is 24.5 Å². The zero-order valence-corrected chi connectivity index (χ0v) is 15.2. The molecule has 1 fully saturated rings. The van der Waals surface area contributed by atoms with Crippen LogP contribution in [0.2, 0.25) is 0 Å². The Kier molecular flexibility index (Phi) is 6.56. The summed E-state index contributed by atoms with van der Waals surface area (Å²) in [6.45, 7) is 11.3. The van der Waals surface area contributed by atoms with Gasteiger partial charge in [-0.3, -0.25) is 0 Å². The van der Waals surface area contributed by atoms with E-state index in [1.165, 1.54) is 48.1 Å². The van der Waals surface area contributed by atoms with E-state index in [1.807, 2.05) is 0 Å². The number of halogens is 1. The number of hydrogen-bond acceptors (Lipinski definition) is 2. The fraction of sp³-hybridized carbons (Fsp3) is 0.667. The molecule has 1 aliphatic rings. The first-order chi connectivity index (χ1) is 10.1. The molecule has 1 heterocycles. The van der Waals surface area contributed by atoms with Gasteiger partial charge in [0, 0.05) is 29.8 Å². The molecule has 1 aromatic rings. The molecule has 0 amide bonds. The second-order valence-corrected chi connectivity index (χ2v) is 7.68. The zero-order chi connectivity index (χ0) is 15.2. The number of nitrogens with one attached hydrogen (secondary N) is 1. The van der Waals surface area contributed by atoms with Gasteiger partial charge in [0.2, 0.25) is 0 Å². The average molecular weight is 353 g/mol. The maximum absolute atomic E-state index is 3.75. The summed E-state index contributed by atoms with van der Waals surface area (Å²) in [5.41, 5.74) is 2.71. The summed E-state index contributed by atoms with van der Waals surface area (Å²) in [5.74, 6) is 1.57. The standard InChI is InChI=1S/C18H29BrN2/c1-14(2)12-20-13-16-6-7-17(11-18(16)19)21-9-4-5-15(3)8-10-21/h6-7,11,14-15,20H,4-5,8-10,12-13H2,1-3H3. The lowest BCUT2D eigenvalue weighted by Gasteiger charge is -2.23. The zero-order valence-electron chi connectivity index (χ0n) is 13.7. The van der Waals surface area contributed by atoms with E-state index in [4.69, 9.17) is 0 Å². The van der Waals surface area contributed by atoms with E-state index in [0.29, 0.717) is 5.92 Å². The van der Waals surface area contributed by atoms with Gasteiger partial charge < -0.3 is 10.2 Å². The van der Waals surface area contributed by atoms with Gasteiger partial charge in [-0.25, -0.2) is 0 Å². The highest BCUT2D eigenvalue weighted by Gasteiger charge is 2.15. The molecule has 0 saturated carbocycles. The summed E-state index contributed by atoms with van der Waals surface area (Å²) in [5, 5.41) is 3.51. The van der Waals surface area contributed by atoms with E-state index in [2.05, 4.69) is 65.1 Å². The highest BCUT2D eigenvalue weighted by atomic mass is 79.9. The first kappa shape index (κ1) is 16.8. The second-order valence-electron chi connectivity index (χ2n) is 6.82. The predicted molar refractivity (Wildman–Crippen MR) is 95.9 cm³/mol. The van der Waals surface area contributed by atoms with Crippen LogP contribution in [0.4, 0.5) is 5.69 Å². The van der Waals surface area contributed by atoms with Crippen molar-refractivity contribution >= 4 is 21.6 Å². The van der Waals surface area contributed by atoms with Gasteiger partial charge >= 0.3 is 0 Å². The smallest absolute Gasteiger partial charge is 0.0377 e. The van der Waals surface area contributed by atoms with Crippen molar-refractivity contribution in [3.05, 3.63) is 28.2 Å². The number of anilines is 1. The summed E-state index contributed by atoms with van der Waals surface area (Å²) < 4.78 is 1.23. The molecule has 1 unspecified atom stereocenters. The molecule has 0 aliphatic carbocycles. The van der Waals surface area contributed by atoms with Crippen LogP contribution in [0, 0.1) is 11.8 Å². The monoisotopic (exact) mass is 352 g/mol. The van der Waals surface area contributed by atoms with Gasteiger partial charge in [-0.2, -0.15) is 0 Å². The Hall–Kier alpha value is -0.540. The molecule has 1 saturated heterocycles. The molecule has 0 spiro atoms. The van der Waals surface area contributed by atoms with Crippen molar-refractivity contribution in [1.29, 1.82) is 0 Å². The lowest BCUT2D eigenvalue weighted by molar-refractivity contribution is 0.521. The summed E-state index contributed by atoms with van der Waals surface area (Å²) >= 11 is 3.75. The Morgan fingerprint density at radius 3 is 2.81 bits per heavy atom. The van der Waals surface area contributed by atoms with Crippen LogP contribution in [-0.4, -0.2) is 19.6 Å². The van der Waals surface area contributed by atoms with Gasteiger partial charge in [-0.05, 0) is 55.3 Å². The molecule has 2 rings (SSSR count). The van der Waals surface area contributed by atoms with Crippen LogP contribution in [-0.2, 0) is 6.54 Å². The summed E-state index contributed by atoms with van der Waals surface area (Å²) in [4.78, 5) is 2.54. The topological polar surface area (TPSA) is 15.3 Å². The minimum atomic E-state index is 0.696. The van der Waals surface area contributed by atoms with Gasteiger partial charge in [-0.1, -0.05) is 42.8 Å². The summed E-state index contributed by atoms with van der Waals surface area (Å²) in [6.07, 6.45) is 4.00. The van der Waals surface area contributed by atoms with Crippen molar-refractivity contribution in [1.82, 2.24) is 5.32 Å². The fourth-order valence-corrected chi connectivity index (χ4v) is 3.40. The van der Waals surface area contributed by atoms with Crippen molar-refractivity contribution in [2.24, 2.45) is 11.8 Å². The summed E-state index contributed by atoms with van der Waals surface area (Å²) in [6, 6.07) is 6.84. The van der Waals surface area contributed by atoms with Crippen molar-refractivity contribution in [2.45, 2.75) is 46.6 Å². The predicted octanol–water partition coefficient (Wildman–Crippen LogP) is 4.82. The highest BCUT2D eigenvalue weighted by Crippen LogP contribution is 2.27. The van der Waals surface area contributed by atoms with Crippen LogP contribution >= 0.6 is 15.9 Å². The van der Waals surface area contributed by atoms with Gasteiger partial charge in [-0.15, -0.1) is 0 Å². The van der Waals surface area contributed by atoms with Gasteiger partial charge in [0.25, 0.3) is 0 Å². The molecule has 1 aliphatic heterocycles. The molecule has 1 atom stereocenters. The quantitative estimate of drug-likeness (QED) is 0.816. The third-order valence-electron chi connectivity index (χ3n) is 4.29. The Morgan fingerprint density at radius 1 is 1.29 bits per heavy atom. The van der Waals surface area contributed by atoms with E-state index in [-0.39, 0.29) is 0 Å². The SMILES string of the molecule is CC(C)CNCc1ccc(N2CCCC(C)CC2)cc1Br. The lowest BCUT2D eigenvalue weighted by Crippen LogP contribution is -2.24. The molecule has 0 radical (unpaired) electrons. The second kappa shape index (κ2) is 8.19. The van der Waals surface area contributed by atoms with E-state index in [1.54, 1.807) is 0 Å². The Bertz CT molecular complexity index is 445. The van der Waals surface area contributed by atoms with Crippen LogP contribution in [0.1, 0.15) is 45.6 Å². The minimum Gasteiger partial charge on any atom is -0.371 e. The minimum absolute atomic E-state index is 0.696. The first-order valence-electron chi connectivity index (χ1n) is 8.30. The Morgan fingerprint density at radius 2 is 2.10 bits per heavy atom. The van der Waals surface area contributed by atoms with Crippen molar-refractivity contribution in [3.63, 3.8) is 0 Å². The highest BCUT2D eigenvalue weighted by molar-refractivity contribution is 9.10. The molecule has 0 aromatic heterocycles. The van der Waals surface area contributed by atoms with Gasteiger partial charge in [0.1, 0.15) is 0 Å². The largest absolute Gasteiger partial charge is 0.371 e. The summed E-state index contributed by atoms with van der Waals surface area (Å²) in [7, 11) is 0. The van der Waals surface area contributed by atoms with Gasteiger partial charge in [0.15, 0.2) is 0 Å². The lowest BCUT2D eigenvalue weighted by atomic mass is 10.0. The van der Waals surface area contributed by atoms with Crippen LogP contribution in [0.15, 0.2) is 22.7 Å². The Labute approximate surface area is 138 Å². The molecule has 21 heavy (non-hydrogen) atoms. The maximum atomic E-state index is 3.75. The molecular weight excluding hydrogens is 324 g/mol. The third-order valence-corrected chi connectivity index (χ3v) is 5.02. The normalized spacial score (nSPS) is 19.9. The molecule has 2 nitrogen and oxygen atoms in total. The van der Waals surface area contributed by atoms with Crippen LogP contribution in [0.5, 0.6) is 0 Å². The third kappa shape index (κ3) is 5.30. The van der Waals surface area contributed by atoms with E-state index in [9.17, 15) is 0 Å². The molecule has 118 valence electrons. The number of nitrogens with zero attached hydrogens (tertiary/aromatic N) is 1. The maximum Gasteiger partial charge on any atom is 0.0377 e. The van der Waals surface area contributed by atoms with Crippen LogP contribution < -0.4 is 10.2 Å². The molecular formula is C18H29BrN2. The fourth-order valence-electron chi connectivity index (χ4n) is 2.89. The molecule has 0 bridgehead atoms. The van der Waals surface area contributed by atoms with Crippen LogP contribution in [0.3, 0.4) is 0 Å². The molecule has 1 aromatic carbocycles. The Balaban J connectivity index is 1.97. The number of rotatable bonds is 5. The molecule has 1 N–H and O–H groups in total.